The predicted molar refractivity (Wildman–Crippen MR) is 548 cm³/mol. The molecule has 49 heteroatoms. The number of carbonyl (C=O) groups excluding carboxylic acids is 4. The molecule has 0 bridgehead atoms. The zero-order valence-electron chi connectivity index (χ0n) is 73.0. The number of halogens is 11. The maximum Gasteiger partial charge on any atom is 0.488 e. The number of imidazole rings is 5. The highest BCUT2D eigenvalue weighted by molar-refractivity contribution is 14.1. The van der Waals surface area contributed by atoms with Crippen LogP contribution in [0.3, 0.4) is 0 Å². The summed E-state index contributed by atoms with van der Waals surface area (Å²) in [5.74, 6) is -0.223. The van der Waals surface area contributed by atoms with Crippen LogP contribution in [-0.4, -0.2) is 191 Å². The van der Waals surface area contributed by atoms with Crippen molar-refractivity contribution in [3.63, 3.8) is 0 Å². The lowest BCUT2D eigenvalue weighted by atomic mass is 9.80. The lowest BCUT2D eigenvalue weighted by Gasteiger charge is -2.26. The minimum absolute atomic E-state index is 0. The van der Waals surface area contributed by atoms with E-state index in [1.54, 1.807) is 109 Å². The summed E-state index contributed by atoms with van der Waals surface area (Å²) in [6.07, 6.45) is 16.2. The molecule has 0 spiro atoms. The second kappa shape index (κ2) is 51.6. The molecule has 0 radical (unpaired) electrons. The number of fused-ring (bicyclic) bond motifs is 7. The number of carboxylic acid groups (broad SMARTS) is 1. The van der Waals surface area contributed by atoms with Crippen molar-refractivity contribution in [2.45, 2.75) is 45.7 Å². The van der Waals surface area contributed by atoms with Crippen molar-refractivity contribution in [1.29, 1.82) is 0 Å². The SMILES string of the molecule is CCOC(=O)c1c[nH]n2c(Br)cnc2c1=O.CCOC(=O)c1cnn2c(-c3cc(Cl)cc(Cl)c3)cnc2c1OC.CCOC(=O)c1cnn2c(Br)cnc2c1OC.CI.COc1c(C(=O)N[C@H]2CCOc3ccccc32)cnn2c(-c3cc(Cl)cc(Cl)c3)cnc12.COc1c(C(=O)O)cnn2c(-c3cc(Cl)cc(Cl)c3)cnc12.N[C@H]1CCOc2ccccc21.OB(O)c1cc(Cl)cc(Cl)c1.S.S. The Bertz CT molecular complexity index is 7010. The van der Waals surface area contributed by atoms with Gasteiger partial charge in [-0.3, -0.25) is 14.7 Å². The molecule has 137 heavy (non-hydrogen) atoms. The highest BCUT2D eigenvalue weighted by atomic mass is 127. The number of carbonyl (C=O) groups is 5. The lowest BCUT2D eigenvalue weighted by molar-refractivity contribution is 0.0512. The molecule has 6 aromatic carbocycles. The van der Waals surface area contributed by atoms with Crippen LogP contribution >= 0.6 is 174 Å². The second-order valence-electron chi connectivity index (χ2n) is 27.6. The maximum atomic E-state index is 13.2. The van der Waals surface area contributed by atoms with Crippen LogP contribution in [0, 0.1) is 0 Å². The zero-order chi connectivity index (χ0) is 97.6. The van der Waals surface area contributed by atoms with E-state index in [-0.39, 0.29) is 91.8 Å². The van der Waals surface area contributed by atoms with Gasteiger partial charge in [-0.2, -0.15) is 47.4 Å². The number of methoxy groups -OCH3 is 4. The van der Waals surface area contributed by atoms with Crippen LogP contribution in [0.1, 0.15) is 109 Å². The molecule has 0 saturated carbocycles. The Morgan fingerprint density at radius 2 is 0.818 bits per heavy atom. The molecule has 16 aromatic rings. The average molecular weight is 2310 g/mol. The van der Waals surface area contributed by atoms with Gasteiger partial charge in [-0.15, -0.1) is 0 Å². The number of nitrogens with zero attached hydrogens (tertiary/aromatic N) is 14. The minimum atomic E-state index is -1.52. The van der Waals surface area contributed by atoms with E-state index in [2.05, 4.69) is 110 Å². The standard InChI is InChI=1S/C23H18Cl2N4O3.C16H13Cl2N3O3.C14H9Cl2N3O3.C10H10BrN3O3.C9H8BrN3O3.C9H11NO.C6H5BCl2O2.CH3I.2H2S/c1-31-21-17(23(30)28-18-6-7-32-20-5-3-2-4-16(18)20)11-27-29-19(12-26-22(21)29)13-8-14(24)10-15(25)9-13;1-3-24-16(22)12-7-20-21-13(8-19-15(21)14(12)23-2)9-4-10(17)6-11(18)5-9;1-22-12-10(14(20)21)5-18-19-11(6-17-13(12)19)7-2-8(15)4-9(16)3-7;1-3-17-10(15)6-4-13-14-7(11)5-12-9(14)8(6)16-2;1-2-16-9(15)5-3-12-13-6(10)4-11-8(13)7(5)14;10-8-5-6-11-9-4-2-1-3-7(8)9;8-5-1-4(7(10)11)2-6(9)3-5;1-2;;/h2-5,8-12,18H,6-7H2,1H3,(H,28,30);4-8H,3H2,1-2H3;2-6H,1H3,(H,20,21);4-5H,3H2,1-2H3;3-4,12H,2H2,1H3;1-4,8H,5-6,10H2;1-3,10-11H;1H3;2*1H2/t18-;;;;;8-;;;;/m0....0..../s1. The third-order valence-corrected chi connectivity index (χ3v) is 22.0. The molecule has 0 saturated heterocycles. The van der Waals surface area contributed by atoms with Gasteiger partial charge < -0.3 is 68.8 Å². The number of amides is 1. The van der Waals surface area contributed by atoms with Crippen molar-refractivity contribution >= 4 is 245 Å². The van der Waals surface area contributed by atoms with E-state index in [0.29, 0.717) is 143 Å². The van der Waals surface area contributed by atoms with Crippen molar-refractivity contribution in [2.24, 2.45) is 5.73 Å². The number of aromatic amines is 1. The van der Waals surface area contributed by atoms with Crippen LogP contribution < -0.4 is 50.4 Å². The molecule has 718 valence electrons. The van der Waals surface area contributed by atoms with Crippen molar-refractivity contribution < 1.29 is 81.8 Å². The van der Waals surface area contributed by atoms with Crippen LogP contribution in [0.25, 0.3) is 62.0 Å². The quantitative estimate of drug-likeness (QED) is 0.0162. The van der Waals surface area contributed by atoms with E-state index in [4.69, 9.17) is 156 Å². The number of aromatic carboxylic acids is 1. The summed E-state index contributed by atoms with van der Waals surface area (Å²) in [7, 11) is 4.29. The van der Waals surface area contributed by atoms with Crippen molar-refractivity contribution in [3.05, 3.63) is 282 Å². The number of ether oxygens (including phenoxy) is 9. The van der Waals surface area contributed by atoms with Crippen LogP contribution in [0.2, 0.25) is 40.2 Å². The maximum absolute atomic E-state index is 13.2. The summed E-state index contributed by atoms with van der Waals surface area (Å²) in [6.45, 7) is 7.20. The first-order chi connectivity index (χ1) is 64.9. The predicted octanol–water partition coefficient (Wildman–Crippen LogP) is 18.3. The number of nitrogens with one attached hydrogen (secondary N) is 2. The summed E-state index contributed by atoms with van der Waals surface area (Å²) >= 11 is 56.3. The largest absolute Gasteiger partial charge is 0.493 e. The fraction of sp³-hybridized carbons (Fsp3) is 0.193. The smallest absolute Gasteiger partial charge is 0.488 e. The normalized spacial score (nSPS) is 12.3. The van der Waals surface area contributed by atoms with E-state index < -0.39 is 36.4 Å². The highest BCUT2D eigenvalue weighted by Gasteiger charge is 2.30. The van der Waals surface area contributed by atoms with Gasteiger partial charge in [0.1, 0.15) is 48.5 Å². The van der Waals surface area contributed by atoms with Gasteiger partial charge in [-0.1, -0.05) is 152 Å². The van der Waals surface area contributed by atoms with Gasteiger partial charge in [0.25, 0.3) is 5.91 Å². The number of carboxylic acids is 1. The van der Waals surface area contributed by atoms with Crippen molar-refractivity contribution in [2.75, 3.05) is 66.4 Å². The fourth-order valence-corrected chi connectivity index (χ4v) is 16.1. The van der Waals surface area contributed by atoms with E-state index in [1.807, 2.05) is 53.5 Å². The van der Waals surface area contributed by atoms with Crippen LogP contribution in [0.15, 0.2) is 197 Å². The molecule has 18 rings (SSSR count). The van der Waals surface area contributed by atoms with Gasteiger partial charge in [0, 0.05) is 93.1 Å². The Morgan fingerprint density at radius 1 is 0.474 bits per heavy atom. The van der Waals surface area contributed by atoms with E-state index in [1.165, 1.54) is 97.4 Å². The number of nitrogens with two attached hydrogens (primary N) is 1. The van der Waals surface area contributed by atoms with Gasteiger partial charge in [-0.25, -0.2) is 66.7 Å². The van der Waals surface area contributed by atoms with E-state index in [0.717, 1.165) is 46.8 Å². The Labute approximate surface area is 865 Å². The number of hydrogen-bond donors (Lipinski definition) is 6. The third kappa shape index (κ3) is 26.7. The van der Waals surface area contributed by atoms with E-state index in [9.17, 15) is 28.8 Å². The summed E-state index contributed by atoms with van der Waals surface area (Å²) in [5.41, 5.74) is 14.4. The van der Waals surface area contributed by atoms with Crippen LogP contribution in [0.5, 0.6) is 34.5 Å². The highest BCUT2D eigenvalue weighted by Crippen LogP contribution is 2.38. The van der Waals surface area contributed by atoms with Crippen LogP contribution in [0.4, 0.5) is 0 Å². The first-order valence-corrected chi connectivity index (χ1v) is 46.5. The first kappa shape index (κ1) is 110. The molecule has 10 aromatic heterocycles. The molecule has 0 aliphatic carbocycles. The molecule has 2 atom stereocenters. The van der Waals surface area contributed by atoms with Gasteiger partial charge in [-0.05, 0) is 148 Å². The molecular weight excluding hydrogens is 2230 g/mol. The first-order valence-electron chi connectivity index (χ1n) is 39.8. The second-order valence-corrected chi connectivity index (χ2v) is 32.7. The summed E-state index contributed by atoms with van der Waals surface area (Å²) in [4.78, 5) is 94.2. The number of esters is 3. The Morgan fingerprint density at radius 3 is 1.23 bits per heavy atom. The fourth-order valence-electron chi connectivity index (χ4n) is 13.3. The third-order valence-electron chi connectivity index (χ3n) is 19.1. The monoisotopic (exact) mass is 2300 g/mol. The molecule has 1 amide bonds. The van der Waals surface area contributed by atoms with Gasteiger partial charge in [0.2, 0.25) is 11.1 Å². The van der Waals surface area contributed by atoms with Gasteiger partial charge in [0.05, 0.1) is 140 Å². The molecular formula is C88H81BBr2Cl8IN17O18S2. The Kier molecular flexibility index (Phi) is 41.3. The molecule has 7 N–H and O–H groups in total. The zero-order valence-corrected chi connectivity index (χ0v) is 86.3. The molecule has 0 fully saturated rings. The summed E-state index contributed by atoms with van der Waals surface area (Å²) < 4.78 is 56.0. The average Bonchev–Trinajstić information content (AvgIpc) is 1.60. The topological polar surface area (TPSA) is 438 Å². The lowest BCUT2D eigenvalue weighted by Crippen LogP contribution is -2.32. The number of H-pyrrole nitrogens is 1. The number of hydrogen-bond acceptors (Lipinski definition) is 27. The Balaban J connectivity index is 0.000000183. The number of rotatable bonds is 17. The Hall–Kier alpha value is -11.0. The summed E-state index contributed by atoms with van der Waals surface area (Å²) in [5, 5.41) is 53.1. The number of benzene rings is 6. The van der Waals surface area contributed by atoms with Crippen LogP contribution in [-0.2, 0) is 14.2 Å². The van der Waals surface area contributed by atoms with Gasteiger partial charge >= 0.3 is 31.0 Å². The molecule has 12 heterocycles. The molecule has 2 aliphatic rings. The molecule has 2 aliphatic heterocycles. The number of alkyl halides is 1. The molecule has 0 unspecified atom stereocenters. The number of para-hydroxylation sites is 2. The number of aromatic nitrogens is 15. The summed E-state index contributed by atoms with van der Waals surface area (Å²) in [6, 6.07) is 35.5. The van der Waals surface area contributed by atoms with Gasteiger partial charge in [0.15, 0.2) is 45.6 Å². The van der Waals surface area contributed by atoms with Crippen molar-refractivity contribution in [3.8, 4) is 68.3 Å². The molecule has 35 nitrogen and oxygen atoms in total. The minimum Gasteiger partial charge on any atom is -0.493 e. The van der Waals surface area contributed by atoms with E-state index >= 15 is 0 Å². The van der Waals surface area contributed by atoms with Crippen molar-refractivity contribution in [1.82, 2.24) is 78.3 Å².